The number of para-hydroxylation sites is 1. The number of aryl methyl sites for hydroxylation is 1. The van der Waals surface area contributed by atoms with Crippen molar-refractivity contribution in [3.63, 3.8) is 0 Å². The molecular formula is C22H22N2O3S. The van der Waals surface area contributed by atoms with E-state index in [1.54, 1.807) is 24.3 Å². The minimum atomic E-state index is -3.80. The van der Waals surface area contributed by atoms with E-state index in [1.807, 2.05) is 49.4 Å². The van der Waals surface area contributed by atoms with Gasteiger partial charge < -0.3 is 5.32 Å². The van der Waals surface area contributed by atoms with E-state index < -0.39 is 10.0 Å². The average molecular weight is 394 g/mol. The van der Waals surface area contributed by atoms with Crippen LogP contribution >= 0.6 is 0 Å². The van der Waals surface area contributed by atoms with Gasteiger partial charge in [0.25, 0.3) is 15.9 Å². The maximum atomic E-state index is 12.8. The van der Waals surface area contributed by atoms with Gasteiger partial charge in [-0.05, 0) is 41.8 Å². The zero-order chi connectivity index (χ0) is 20.0. The first-order valence-corrected chi connectivity index (χ1v) is 10.5. The van der Waals surface area contributed by atoms with Crippen molar-refractivity contribution in [1.29, 1.82) is 0 Å². The van der Waals surface area contributed by atoms with Gasteiger partial charge in [-0.1, -0.05) is 61.5 Å². The van der Waals surface area contributed by atoms with Crippen LogP contribution in [0.2, 0.25) is 0 Å². The van der Waals surface area contributed by atoms with Gasteiger partial charge in [-0.25, -0.2) is 8.42 Å². The number of anilines is 1. The molecule has 0 aliphatic carbocycles. The molecule has 2 N–H and O–H groups in total. The van der Waals surface area contributed by atoms with Crippen LogP contribution in [0.15, 0.2) is 83.8 Å². The van der Waals surface area contributed by atoms with Crippen LogP contribution in [-0.2, 0) is 23.0 Å². The number of rotatable bonds is 7. The minimum Gasteiger partial charge on any atom is -0.348 e. The molecule has 28 heavy (non-hydrogen) atoms. The molecule has 0 radical (unpaired) electrons. The Labute approximate surface area is 165 Å². The van der Waals surface area contributed by atoms with Crippen LogP contribution in [-0.4, -0.2) is 14.3 Å². The number of hydrogen-bond acceptors (Lipinski definition) is 3. The van der Waals surface area contributed by atoms with Gasteiger partial charge in [0.1, 0.15) is 0 Å². The predicted octanol–water partition coefficient (Wildman–Crippen LogP) is 3.98. The van der Waals surface area contributed by atoms with Gasteiger partial charge >= 0.3 is 0 Å². The number of benzene rings is 3. The molecule has 0 fully saturated rings. The molecule has 0 aliphatic rings. The first kappa shape index (κ1) is 19.6. The monoisotopic (exact) mass is 394 g/mol. The van der Waals surface area contributed by atoms with E-state index in [0.717, 1.165) is 11.1 Å². The third kappa shape index (κ3) is 4.78. The molecule has 1 amide bonds. The Bertz CT molecular complexity index is 1060. The summed E-state index contributed by atoms with van der Waals surface area (Å²) in [6.45, 7) is 2.34. The number of nitrogens with one attached hydrogen (secondary N) is 2. The second-order valence-electron chi connectivity index (χ2n) is 6.31. The van der Waals surface area contributed by atoms with Crippen molar-refractivity contribution in [3.05, 3.63) is 95.6 Å². The van der Waals surface area contributed by atoms with Crippen LogP contribution in [0.25, 0.3) is 0 Å². The van der Waals surface area contributed by atoms with Crippen molar-refractivity contribution in [2.75, 3.05) is 4.72 Å². The summed E-state index contributed by atoms with van der Waals surface area (Å²) in [4.78, 5) is 12.5. The normalized spacial score (nSPS) is 11.0. The summed E-state index contributed by atoms with van der Waals surface area (Å²) >= 11 is 0. The summed E-state index contributed by atoms with van der Waals surface area (Å²) in [7, 11) is -3.80. The second kappa shape index (κ2) is 8.71. The predicted molar refractivity (Wildman–Crippen MR) is 111 cm³/mol. The van der Waals surface area contributed by atoms with E-state index in [4.69, 9.17) is 0 Å². The molecule has 3 aromatic rings. The van der Waals surface area contributed by atoms with Crippen LogP contribution < -0.4 is 10.0 Å². The minimum absolute atomic E-state index is 0.0470. The number of sulfonamides is 1. The summed E-state index contributed by atoms with van der Waals surface area (Å²) in [6, 6.07) is 22.8. The van der Waals surface area contributed by atoms with E-state index in [2.05, 4.69) is 10.0 Å². The smallest absolute Gasteiger partial charge is 0.261 e. The molecule has 5 nitrogen and oxygen atoms in total. The van der Waals surface area contributed by atoms with E-state index >= 15 is 0 Å². The zero-order valence-corrected chi connectivity index (χ0v) is 16.4. The summed E-state index contributed by atoms with van der Waals surface area (Å²) < 4.78 is 28.2. The molecule has 0 saturated heterocycles. The molecule has 3 rings (SSSR count). The highest BCUT2D eigenvalue weighted by molar-refractivity contribution is 7.92. The van der Waals surface area contributed by atoms with Crippen molar-refractivity contribution in [3.8, 4) is 0 Å². The fourth-order valence-corrected chi connectivity index (χ4v) is 3.96. The number of carbonyl (C=O) groups excluding carboxylic acids is 1. The van der Waals surface area contributed by atoms with Gasteiger partial charge in [-0.15, -0.1) is 0 Å². The third-order valence-corrected chi connectivity index (χ3v) is 5.71. The van der Waals surface area contributed by atoms with Gasteiger partial charge in [0.2, 0.25) is 0 Å². The van der Waals surface area contributed by atoms with Crippen molar-refractivity contribution >= 4 is 21.6 Å². The van der Waals surface area contributed by atoms with Gasteiger partial charge in [0.15, 0.2) is 0 Å². The highest BCUT2D eigenvalue weighted by Gasteiger charge is 2.17. The molecule has 0 aliphatic heterocycles. The molecular weight excluding hydrogens is 372 g/mol. The molecule has 3 aromatic carbocycles. The Morgan fingerprint density at radius 2 is 1.61 bits per heavy atom. The van der Waals surface area contributed by atoms with Gasteiger partial charge in [0.05, 0.1) is 10.6 Å². The Morgan fingerprint density at radius 3 is 2.36 bits per heavy atom. The number of amides is 1. The van der Waals surface area contributed by atoms with Crippen LogP contribution in [0, 0.1) is 0 Å². The Balaban J connectivity index is 1.77. The fourth-order valence-electron chi connectivity index (χ4n) is 2.82. The molecule has 0 unspecified atom stereocenters. The highest BCUT2D eigenvalue weighted by Crippen LogP contribution is 2.21. The fraction of sp³-hybridized carbons (Fsp3) is 0.136. The van der Waals surface area contributed by atoms with Crippen LogP contribution in [0.5, 0.6) is 0 Å². The maximum absolute atomic E-state index is 12.8. The molecule has 0 atom stereocenters. The lowest BCUT2D eigenvalue weighted by atomic mass is 10.1. The van der Waals surface area contributed by atoms with Crippen molar-refractivity contribution < 1.29 is 13.2 Å². The van der Waals surface area contributed by atoms with E-state index in [9.17, 15) is 13.2 Å². The highest BCUT2D eigenvalue weighted by atomic mass is 32.2. The van der Waals surface area contributed by atoms with Crippen LogP contribution in [0.3, 0.4) is 0 Å². The SMILES string of the molecule is CCc1ccccc1NS(=O)(=O)c1cccc(C(=O)NCc2ccccc2)c1. The van der Waals surface area contributed by atoms with Crippen LogP contribution in [0.1, 0.15) is 28.4 Å². The van der Waals surface area contributed by atoms with E-state index in [0.29, 0.717) is 24.2 Å². The van der Waals surface area contributed by atoms with Gasteiger partial charge in [-0.2, -0.15) is 0 Å². The second-order valence-corrected chi connectivity index (χ2v) is 7.99. The van der Waals surface area contributed by atoms with Gasteiger partial charge in [-0.3, -0.25) is 9.52 Å². The van der Waals surface area contributed by atoms with Crippen molar-refractivity contribution in [1.82, 2.24) is 5.32 Å². The quantitative estimate of drug-likeness (QED) is 0.636. The van der Waals surface area contributed by atoms with Crippen molar-refractivity contribution in [2.45, 2.75) is 24.8 Å². The molecule has 6 heteroatoms. The molecule has 144 valence electrons. The maximum Gasteiger partial charge on any atom is 0.261 e. The number of carbonyl (C=O) groups is 1. The number of hydrogen-bond donors (Lipinski definition) is 2. The first-order chi connectivity index (χ1) is 13.5. The summed E-state index contributed by atoms with van der Waals surface area (Å²) in [5, 5.41) is 2.81. The summed E-state index contributed by atoms with van der Waals surface area (Å²) in [5.74, 6) is -0.324. The lowest BCUT2D eigenvalue weighted by Gasteiger charge is -2.12. The largest absolute Gasteiger partial charge is 0.348 e. The third-order valence-electron chi connectivity index (χ3n) is 4.35. The summed E-state index contributed by atoms with van der Waals surface area (Å²) in [5.41, 5.74) is 2.71. The molecule has 0 bridgehead atoms. The Morgan fingerprint density at radius 1 is 0.893 bits per heavy atom. The Hall–Kier alpha value is -3.12. The van der Waals surface area contributed by atoms with E-state index in [-0.39, 0.29) is 10.8 Å². The molecule has 0 heterocycles. The van der Waals surface area contributed by atoms with Crippen LogP contribution in [0.4, 0.5) is 5.69 Å². The molecule has 0 aromatic heterocycles. The molecule has 0 spiro atoms. The van der Waals surface area contributed by atoms with Gasteiger partial charge in [0, 0.05) is 12.1 Å². The average Bonchev–Trinajstić information content (AvgIpc) is 2.73. The van der Waals surface area contributed by atoms with Crippen molar-refractivity contribution in [2.24, 2.45) is 0 Å². The lowest BCUT2D eigenvalue weighted by molar-refractivity contribution is 0.0950. The standard InChI is InChI=1S/C22H22N2O3S/c1-2-18-11-6-7-14-21(18)24-28(26,27)20-13-8-12-19(15-20)22(25)23-16-17-9-4-3-5-10-17/h3-15,24H,2,16H2,1H3,(H,23,25). The van der Waals surface area contributed by atoms with E-state index in [1.165, 1.54) is 12.1 Å². The first-order valence-electron chi connectivity index (χ1n) is 9.02. The zero-order valence-electron chi connectivity index (χ0n) is 15.6. The lowest BCUT2D eigenvalue weighted by Crippen LogP contribution is -2.23. The summed E-state index contributed by atoms with van der Waals surface area (Å²) in [6.07, 6.45) is 0.709. The topological polar surface area (TPSA) is 75.3 Å². The Kier molecular flexibility index (Phi) is 6.11. The molecule has 0 saturated carbocycles.